The first kappa shape index (κ1) is 12.0. The first-order valence-corrected chi connectivity index (χ1v) is 6.85. The average molecular weight is 252 g/mol. The molecule has 0 bridgehead atoms. The summed E-state index contributed by atoms with van der Waals surface area (Å²) in [5.74, 6) is -0.147. The van der Waals surface area contributed by atoms with Crippen LogP contribution < -0.4 is 0 Å². The molecule has 5 heteroatoms. The van der Waals surface area contributed by atoms with Gasteiger partial charge in [0.15, 0.2) is 0 Å². The molecule has 1 N–H and O–H groups in total. The summed E-state index contributed by atoms with van der Waals surface area (Å²) in [6.07, 6.45) is 3.94. The van der Waals surface area contributed by atoms with Crippen molar-refractivity contribution in [1.82, 2.24) is 9.80 Å². The number of hydrogen-bond acceptors (Lipinski definition) is 3. The van der Waals surface area contributed by atoms with Crippen LogP contribution in [0.15, 0.2) is 0 Å². The second kappa shape index (κ2) is 4.23. The molecule has 100 valence electrons. The zero-order chi connectivity index (χ0) is 12.8. The molecule has 0 aromatic carbocycles. The molecule has 3 rings (SSSR count). The Labute approximate surface area is 107 Å². The first-order chi connectivity index (χ1) is 8.62. The average Bonchev–Trinajstić information content (AvgIpc) is 2.83. The van der Waals surface area contributed by atoms with Crippen molar-refractivity contribution in [3.8, 4) is 0 Å². The van der Waals surface area contributed by atoms with E-state index < -0.39 is 11.4 Å². The van der Waals surface area contributed by atoms with Crippen LogP contribution in [0.3, 0.4) is 0 Å². The Balaban J connectivity index is 1.57. The molecule has 2 aliphatic heterocycles. The fraction of sp³-hybridized carbons (Fsp3) is 0.846. The normalized spacial score (nSPS) is 35.3. The van der Waals surface area contributed by atoms with Gasteiger partial charge in [-0.3, -0.25) is 14.5 Å². The summed E-state index contributed by atoms with van der Waals surface area (Å²) in [5.41, 5.74) is -0.524. The molecule has 1 amide bonds. The Morgan fingerprint density at radius 1 is 1.22 bits per heavy atom. The number of rotatable bonds is 3. The van der Waals surface area contributed by atoms with Gasteiger partial charge in [0.2, 0.25) is 5.91 Å². The number of carbonyl (C=O) groups is 2. The van der Waals surface area contributed by atoms with Crippen LogP contribution in [0.1, 0.15) is 25.7 Å². The third-order valence-electron chi connectivity index (χ3n) is 4.78. The maximum Gasteiger partial charge on any atom is 0.311 e. The topological polar surface area (TPSA) is 60.9 Å². The van der Waals surface area contributed by atoms with E-state index in [-0.39, 0.29) is 5.91 Å². The minimum absolute atomic E-state index is 0.173. The number of fused-ring (bicyclic) bond motifs is 1. The third-order valence-corrected chi connectivity index (χ3v) is 4.78. The Morgan fingerprint density at radius 3 is 2.61 bits per heavy atom. The van der Waals surface area contributed by atoms with Gasteiger partial charge < -0.3 is 10.0 Å². The fourth-order valence-corrected chi connectivity index (χ4v) is 3.49. The molecule has 0 spiro atoms. The second-order valence-corrected chi connectivity index (χ2v) is 5.95. The van der Waals surface area contributed by atoms with Crippen LogP contribution in [0.4, 0.5) is 0 Å². The fourth-order valence-electron chi connectivity index (χ4n) is 3.49. The number of hydrogen-bond donors (Lipinski definition) is 1. The molecule has 3 aliphatic rings. The van der Waals surface area contributed by atoms with Crippen LogP contribution in [0.25, 0.3) is 0 Å². The number of carbonyl (C=O) groups excluding carboxylic acids is 1. The van der Waals surface area contributed by atoms with Gasteiger partial charge in [0.25, 0.3) is 0 Å². The second-order valence-electron chi connectivity index (χ2n) is 5.95. The highest BCUT2D eigenvalue weighted by Gasteiger charge is 2.62. The molecule has 2 heterocycles. The monoisotopic (exact) mass is 252 g/mol. The highest BCUT2D eigenvalue weighted by Crippen LogP contribution is 2.57. The van der Waals surface area contributed by atoms with Gasteiger partial charge in [-0.15, -0.1) is 0 Å². The van der Waals surface area contributed by atoms with Crippen molar-refractivity contribution in [2.75, 3.05) is 32.7 Å². The minimum Gasteiger partial charge on any atom is -0.481 e. The summed E-state index contributed by atoms with van der Waals surface area (Å²) in [4.78, 5) is 27.3. The van der Waals surface area contributed by atoms with Crippen LogP contribution in [0.2, 0.25) is 0 Å². The first-order valence-electron chi connectivity index (χ1n) is 6.85. The number of carboxylic acid groups (broad SMARTS) is 1. The number of carboxylic acids is 1. The van der Waals surface area contributed by atoms with Gasteiger partial charge in [0.1, 0.15) is 0 Å². The van der Waals surface area contributed by atoms with Crippen LogP contribution in [-0.4, -0.2) is 59.5 Å². The molecular weight excluding hydrogens is 232 g/mol. The van der Waals surface area contributed by atoms with Gasteiger partial charge in [0, 0.05) is 19.6 Å². The van der Waals surface area contributed by atoms with E-state index in [2.05, 4.69) is 0 Å². The number of piperidine rings is 1. The maximum atomic E-state index is 12.0. The molecule has 2 saturated heterocycles. The van der Waals surface area contributed by atoms with Crippen molar-refractivity contribution < 1.29 is 14.7 Å². The predicted molar refractivity (Wildman–Crippen MR) is 65.0 cm³/mol. The molecule has 2 unspecified atom stereocenters. The predicted octanol–water partition coefficient (Wildman–Crippen LogP) is 0.405. The van der Waals surface area contributed by atoms with Crippen LogP contribution in [-0.2, 0) is 9.59 Å². The summed E-state index contributed by atoms with van der Waals surface area (Å²) in [7, 11) is 0. The van der Waals surface area contributed by atoms with Crippen LogP contribution in [0, 0.1) is 11.3 Å². The molecule has 2 atom stereocenters. The third kappa shape index (κ3) is 1.90. The van der Waals surface area contributed by atoms with Crippen molar-refractivity contribution in [3.05, 3.63) is 0 Å². The summed E-state index contributed by atoms with van der Waals surface area (Å²) >= 11 is 0. The maximum absolute atomic E-state index is 12.0. The number of likely N-dealkylation sites (tertiary alicyclic amines) is 2. The van der Waals surface area contributed by atoms with E-state index in [1.165, 1.54) is 0 Å². The van der Waals surface area contributed by atoms with Crippen LogP contribution >= 0.6 is 0 Å². The smallest absolute Gasteiger partial charge is 0.311 e. The Kier molecular flexibility index (Phi) is 2.81. The Hall–Kier alpha value is -1.10. The summed E-state index contributed by atoms with van der Waals surface area (Å²) in [5, 5.41) is 9.28. The molecule has 5 nitrogen and oxygen atoms in total. The molecular formula is C13H20N2O3. The van der Waals surface area contributed by atoms with E-state index in [0.717, 1.165) is 45.3 Å². The van der Waals surface area contributed by atoms with E-state index >= 15 is 0 Å². The quantitative estimate of drug-likeness (QED) is 0.790. The van der Waals surface area contributed by atoms with E-state index in [1.807, 2.05) is 9.80 Å². The van der Waals surface area contributed by atoms with E-state index in [0.29, 0.717) is 19.0 Å². The van der Waals surface area contributed by atoms with Crippen molar-refractivity contribution >= 4 is 11.9 Å². The van der Waals surface area contributed by atoms with Gasteiger partial charge in [0.05, 0.1) is 12.0 Å². The Morgan fingerprint density at radius 2 is 1.94 bits per heavy atom. The SMILES string of the molecule is O=C(CN1CCC2CC2(C(=O)O)C1)N1CCCC1. The zero-order valence-electron chi connectivity index (χ0n) is 10.6. The lowest BCUT2D eigenvalue weighted by atomic mass is 9.97. The molecule has 1 aliphatic carbocycles. The molecule has 3 fully saturated rings. The Bertz CT molecular complexity index is 378. The lowest BCUT2D eigenvalue weighted by Gasteiger charge is -2.31. The highest BCUT2D eigenvalue weighted by atomic mass is 16.4. The number of amides is 1. The van der Waals surface area contributed by atoms with Gasteiger partial charge >= 0.3 is 5.97 Å². The highest BCUT2D eigenvalue weighted by molar-refractivity contribution is 5.80. The summed E-state index contributed by atoms with van der Waals surface area (Å²) in [6, 6.07) is 0. The lowest BCUT2D eigenvalue weighted by Crippen LogP contribution is -2.46. The lowest BCUT2D eigenvalue weighted by molar-refractivity contribution is -0.146. The minimum atomic E-state index is -0.675. The number of nitrogens with zero attached hydrogens (tertiary/aromatic N) is 2. The summed E-state index contributed by atoms with van der Waals surface area (Å²) in [6.45, 7) is 3.59. The van der Waals surface area contributed by atoms with E-state index in [9.17, 15) is 14.7 Å². The van der Waals surface area contributed by atoms with E-state index in [1.54, 1.807) is 0 Å². The van der Waals surface area contributed by atoms with Crippen LogP contribution in [0.5, 0.6) is 0 Å². The molecule has 0 aromatic heterocycles. The van der Waals surface area contributed by atoms with Crippen molar-refractivity contribution in [1.29, 1.82) is 0 Å². The number of aliphatic carboxylic acids is 1. The summed E-state index contributed by atoms with van der Waals surface area (Å²) < 4.78 is 0. The van der Waals surface area contributed by atoms with Crippen molar-refractivity contribution in [2.24, 2.45) is 11.3 Å². The van der Waals surface area contributed by atoms with Gasteiger partial charge in [-0.05, 0) is 38.1 Å². The van der Waals surface area contributed by atoms with Crippen molar-refractivity contribution in [2.45, 2.75) is 25.7 Å². The van der Waals surface area contributed by atoms with E-state index in [4.69, 9.17) is 0 Å². The van der Waals surface area contributed by atoms with Gasteiger partial charge in [-0.25, -0.2) is 0 Å². The zero-order valence-corrected chi connectivity index (χ0v) is 10.6. The van der Waals surface area contributed by atoms with Gasteiger partial charge in [-0.2, -0.15) is 0 Å². The molecule has 1 saturated carbocycles. The van der Waals surface area contributed by atoms with Crippen molar-refractivity contribution in [3.63, 3.8) is 0 Å². The largest absolute Gasteiger partial charge is 0.481 e. The molecule has 0 aromatic rings. The standard InChI is InChI=1S/C13H20N2O3/c16-11(15-4-1-2-5-15)8-14-6-3-10-7-13(10,9-14)12(17)18/h10H,1-9H2,(H,17,18). The van der Waals surface area contributed by atoms with Gasteiger partial charge in [-0.1, -0.05) is 0 Å². The molecule has 0 radical (unpaired) electrons. The molecule has 18 heavy (non-hydrogen) atoms.